The van der Waals surface area contributed by atoms with Gasteiger partial charge in [0.1, 0.15) is 12.4 Å². The van der Waals surface area contributed by atoms with Crippen LogP contribution in [0.5, 0.6) is 0 Å². The lowest BCUT2D eigenvalue weighted by Gasteiger charge is -2.31. The van der Waals surface area contributed by atoms with Crippen LogP contribution in [-0.2, 0) is 22.3 Å². The number of esters is 1. The lowest BCUT2D eigenvalue weighted by atomic mass is 9.97. The Kier molecular flexibility index (Phi) is 5.63. The number of anilines is 1. The van der Waals surface area contributed by atoms with E-state index in [9.17, 15) is 18.0 Å². The molecule has 30 heavy (non-hydrogen) atoms. The largest absolute Gasteiger partial charge is 0.461 e. The van der Waals surface area contributed by atoms with E-state index in [-0.39, 0.29) is 24.1 Å². The van der Waals surface area contributed by atoms with Crippen LogP contribution < -0.4 is 4.90 Å². The summed E-state index contributed by atoms with van der Waals surface area (Å²) in [7, 11) is 0. The van der Waals surface area contributed by atoms with Crippen LogP contribution in [0.15, 0.2) is 40.9 Å². The van der Waals surface area contributed by atoms with Gasteiger partial charge < -0.3 is 9.64 Å². The van der Waals surface area contributed by atoms with Crippen LogP contribution in [0.25, 0.3) is 5.65 Å². The van der Waals surface area contributed by atoms with Gasteiger partial charge in [-0.2, -0.15) is 17.7 Å². The molecule has 0 atom stereocenters. The first-order valence-corrected chi connectivity index (χ1v) is 10.1. The van der Waals surface area contributed by atoms with Crippen molar-refractivity contribution in [3.63, 3.8) is 0 Å². The monoisotopic (exact) mass is 483 g/mol. The van der Waals surface area contributed by atoms with E-state index in [1.54, 1.807) is 6.07 Å². The predicted octanol–water partition coefficient (Wildman–Crippen LogP) is 3.87. The number of halogens is 4. The molecule has 3 aromatic rings. The molecule has 0 unspecified atom stereocenters. The van der Waals surface area contributed by atoms with E-state index in [1.165, 1.54) is 6.07 Å². The van der Waals surface area contributed by atoms with E-state index in [4.69, 9.17) is 4.74 Å². The molecule has 11 heteroatoms. The highest BCUT2D eigenvalue weighted by Crippen LogP contribution is 2.29. The Bertz CT molecular complexity index is 1060. The second-order valence-corrected chi connectivity index (χ2v) is 7.80. The van der Waals surface area contributed by atoms with Gasteiger partial charge in [0.05, 0.1) is 5.92 Å². The molecule has 1 saturated heterocycles. The second kappa shape index (κ2) is 8.21. The number of alkyl halides is 3. The SMILES string of the molecule is O=C(OCc1ccccc1Br)C1CCN(c2ccc3nnc(C(F)(F)F)n3n2)CC1. The molecular weight excluding hydrogens is 467 g/mol. The van der Waals surface area contributed by atoms with Crippen molar-refractivity contribution in [2.24, 2.45) is 5.92 Å². The third-order valence-corrected chi connectivity index (χ3v) is 5.76. The van der Waals surface area contributed by atoms with Crippen molar-refractivity contribution < 1.29 is 22.7 Å². The van der Waals surface area contributed by atoms with Crippen molar-refractivity contribution in [2.75, 3.05) is 18.0 Å². The number of aromatic nitrogens is 4. The third kappa shape index (κ3) is 4.25. The Hall–Kier alpha value is -2.69. The van der Waals surface area contributed by atoms with Crippen LogP contribution >= 0.6 is 15.9 Å². The number of hydrogen-bond acceptors (Lipinski definition) is 6. The Morgan fingerprint density at radius 1 is 1.13 bits per heavy atom. The summed E-state index contributed by atoms with van der Waals surface area (Å²) in [4.78, 5) is 14.2. The van der Waals surface area contributed by atoms with E-state index in [2.05, 4.69) is 31.2 Å². The average molecular weight is 484 g/mol. The summed E-state index contributed by atoms with van der Waals surface area (Å²) in [5.74, 6) is -1.31. The van der Waals surface area contributed by atoms with Gasteiger partial charge in [-0.15, -0.1) is 15.3 Å². The molecular formula is C19H17BrF3N5O2. The van der Waals surface area contributed by atoms with Crippen LogP contribution in [0.1, 0.15) is 24.2 Å². The smallest absolute Gasteiger partial charge is 0.453 e. The fourth-order valence-corrected chi connectivity index (χ4v) is 3.75. The molecule has 1 aliphatic heterocycles. The highest BCUT2D eigenvalue weighted by atomic mass is 79.9. The number of carbonyl (C=O) groups is 1. The normalized spacial score (nSPS) is 15.5. The molecule has 0 N–H and O–H groups in total. The van der Waals surface area contributed by atoms with Gasteiger partial charge in [-0.3, -0.25) is 4.79 Å². The van der Waals surface area contributed by atoms with Crippen LogP contribution in [0.4, 0.5) is 19.0 Å². The van der Waals surface area contributed by atoms with Crippen molar-refractivity contribution >= 4 is 33.4 Å². The first kappa shape index (κ1) is 20.6. The van der Waals surface area contributed by atoms with Gasteiger partial charge in [0.2, 0.25) is 0 Å². The van der Waals surface area contributed by atoms with Crippen molar-refractivity contribution in [2.45, 2.75) is 25.6 Å². The molecule has 0 saturated carbocycles. The Morgan fingerprint density at radius 2 is 1.87 bits per heavy atom. The molecule has 1 aromatic carbocycles. The maximum Gasteiger partial charge on any atom is 0.453 e. The van der Waals surface area contributed by atoms with Gasteiger partial charge in [-0.05, 0) is 31.0 Å². The van der Waals surface area contributed by atoms with Gasteiger partial charge in [-0.1, -0.05) is 34.1 Å². The lowest BCUT2D eigenvalue weighted by molar-refractivity contribution is -0.150. The Labute approximate surface area is 178 Å². The molecule has 0 aliphatic carbocycles. The van der Waals surface area contributed by atoms with Gasteiger partial charge in [0, 0.05) is 23.1 Å². The number of nitrogens with zero attached hydrogens (tertiary/aromatic N) is 5. The molecule has 0 amide bonds. The molecule has 7 nitrogen and oxygen atoms in total. The van der Waals surface area contributed by atoms with E-state index < -0.39 is 12.0 Å². The maximum absolute atomic E-state index is 13.1. The Morgan fingerprint density at radius 3 is 2.57 bits per heavy atom. The number of hydrogen-bond donors (Lipinski definition) is 0. The summed E-state index contributed by atoms with van der Waals surface area (Å²) >= 11 is 3.42. The van der Waals surface area contributed by atoms with Crippen molar-refractivity contribution in [1.29, 1.82) is 0 Å². The van der Waals surface area contributed by atoms with E-state index >= 15 is 0 Å². The molecule has 0 radical (unpaired) electrons. The summed E-state index contributed by atoms with van der Waals surface area (Å²) < 4.78 is 46.2. The van der Waals surface area contributed by atoms with Gasteiger partial charge in [0.25, 0.3) is 5.82 Å². The van der Waals surface area contributed by atoms with E-state index in [0.717, 1.165) is 10.0 Å². The summed E-state index contributed by atoms with van der Waals surface area (Å²) in [5, 5.41) is 10.7. The molecule has 4 rings (SSSR count). The minimum atomic E-state index is -4.64. The summed E-state index contributed by atoms with van der Waals surface area (Å²) in [5.41, 5.74) is 0.909. The number of piperidine rings is 1. The van der Waals surface area contributed by atoms with Gasteiger partial charge in [-0.25, -0.2) is 0 Å². The van der Waals surface area contributed by atoms with Gasteiger partial charge in [0.15, 0.2) is 5.65 Å². The standard InChI is InChI=1S/C19H17BrF3N5O2/c20-14-4-2-1-3-13(14)11-30-17(29)12-7-9-27(10-8-12)16-6-5-15-24-25-18(19(21,22)23)28(15)26-16/h1-6,12H,7-11H2. The second-order valence-electron chi connectivity index (χ2n) is 6.94. The fourth-order valence-electron chi connectivity index (χ4n) is 3.35. The lowest BCUT2D eigenvalue weighted by Crippen LogP contribution is -2.37. The van der Waals surface area contributed by atoms with Crippen molar-refractivity contribution in [1.82, 2.24) is 19.8 Å². The minimum Gasteiger partial charge on any atom is -0.461 e. The summed E-state index contributed by atoms with van der Waals surface area (Å²) in [6.07, 6.45) is -3.58. The van der Waals surface area contributed by atoms with Crippen LogP contribution in [0, 0.1) is 5.92 Å². The van der Waals surface area contributed by atoms with E-state index in [0.29, 0.717) is 36.3 Å². The maximum atomic E-state index is 13.1. The first-order chi connectivity index (χ1) is 14.3. The number of ether oxygens (including phenoxy) is 1. The molecule has 0 bridgehead atoms. The quantitative estimate of drug-likeness (QED) is 0.524. The van der Waals surface area contributed by atoms with Crippen molar-refractivity contribution in [3.05, 3.63) is 52.3 Å². The topological polar surface area (TPSA) is 72.6 Å². The van der Waals surface area contributed by atoms with Crippen LogP contribution in [0.3, 0.4) is 0 Å². The summed E-state index contributed by atoms with van der Waals surface area (Å²) in [6, 6.07) is 10.6. The van der Waals surface area contributed by atoms with E-state index in [1.807, 2.05) is 29.2 Å². The minimum absolute atomic E-state index is 0.0246. The zero-order valence-electron chi connectivity index (χ0n) is 15.6. The first-order valence-electron chi connectivity index (χ1n) is 9.27. The zero-order valence-corrected chi connectivity index (χ0v) is 17.2. The number of carbonyl (C=O) groups excluding carboxylic acids is 1. The molecule has 0 spiro atoms. The fraction of sp³-hybridized carbons (Fsp3) is 0.368. The van der Waals surface area contributed by atoms with Crippen molar-refractivity contribution in [3.8, 4) is 0 Å². The molecule has 1 fully saturated rings. The third-order valence-electron chi connectivity index (χ3n) is 4.98. The zero-order chi connectivity index (χ0) is 21.3. The molecule has 1 aliphatic rings. The molecule has 2 aromatic heterocycles. The van der Waals surface area contributed by atoms with Crippen LogP contribution in [0.2, 0.25) is 0 Å². The number of fused-ring (bicyclic) bond motifs is 1. The molecule has 158 valence electrons. The highest BCUT2D eigenvalue weighted by Gasteiger charge is 2.38. The number of rotatable bonds is 4. The average Bonchev–Trinajstić information content (AvgIpc) is 3.17. The van der Waals surface area contributed by atoms with Crippen LogP contribution in [-0.4, -0.2) is 38.9 Å². The Balaban J connectivity index is 1.38. The highest BCUT2D eigenvalue weighted by molar-refractivity contribution is 9.10. The number of benzene rings is 1. The molecule has 3 heterocycles. The summed E-state index contributed by atoms with van der Waals surface area (Å²) in [6.45, 7) is 1.15. The van der Waals surface area contributed by atoms with Gasteiger partial charge >= 0.3 is 12.1 Å². The predicted molar refractivity (Wildman–Crippen MR) is 105 cm³/mol.